The monoisotopic (exact) mass is 432 g/mol. The summed E-state index contributed by atoms with van der Waals surface area (Å²) in [6.07, 6.45) is 1.54. The average molecular weight is 433 g/mol. The fourth-order valence-electron chi connectivity index (χ4n) is 3.57. The molecule has 1 aromatic heterocycles. The molecule has 0 fully saturated rings. The van der Waals surface area contributed by atoms with Crippen LogP contribution < -0.4 is 5.73 Å². The largest absolute Gasteiger partial charge is 0.377 e. The molecule has 152 valence electrons. The molecule has 0 bridgehead atoms. The molecule has 2 N–H and O–H groups in total. The van der Waals surface area contributed by atoms with E-state index in [-0.39, 0.29) is 12.4 Å². The first-order chi connectivity index (χ1) is 13.9. The van der Waals surface area contributed by atoms with Gasteiger partial charge in [0.15, 0.2) is 5.78 Å². The number of hydrogen-bond donors (Lipinski definition) is 1. The number of aromatic nitrogens is 1. The molecule has 1 heterocycles. The summed E-state index contributed by atoms with van der Waals surface area (Å²) in [7, 11) is 1.50. The molecule has 0 aliphatic heterocycles. The summed E-state index contributed by atoms with van der Waals surface area (Å²) in [5.41, 5.74) is 8.99. The van der Waals surface area contributed by atoms with Crippen molar-refractivity contribution >= 4 is 45.8 Å². The summed E-state index contributed by atoms with van der Waals surface area (Å²) in [5, 5.41) is 1.86. The molecule has 0 saturated heterocycles. The van der Waals surface area contributed by atoms with E-state index in [0.717, 1.165) is 28.6 Å². The molecule has 5 nitrogen and oxygen atoms in total. The van der Waals surface area contributed by atoms with Gasteiger partial charge >= 0.3 is 0 Å². The maximum Gasteiger partial charge on any atom is 0.248 e. The van der Waals surface area contributed by atoms with Crippen LogP contribution in [0.15, 0.2) is 36.4 Å². The summed E-state index contributed by atoms with van der Waals surface area (Å²) in [6.45, 7) is 2.47. The molecule has 0 unspecified atom stereocenters. The first-order valence-electron chi connectivity index (χ1n) is 9.28. The number of ether oxygens (including phenoxy) is 1. The van der Waals surface area contributed by atoms with Crippen LogP contribution in [0.4, 0.5) is 0 Å². The second-order valence-corrected chi connectivity index (χ2v) is 7.69. The van der Waals surface area contributed by atoms with Gasteiger partial charge in [0.25, 0.3) is 0 Å². The molecule has 3 aromatic rings. The van der Waals surface area contributed by atoms with Gasteiger partial charge in [-0.2, -0.15) is 0 Å². The Morgan fingerprint density at radius 1 is 1.14 bits per heavy atom. The predicted octanol–water partition coefficient (Wildman–Crippen LogP) is 4.88. The minimum Gasteiger partial charge on any atom is -0.377 e. The van der Waals surface area contributed by atoms with Gasteiger partial charge in [-0.05, 0) is 36.2 Å². The fourth-order valence-corrected chi connectivity index (χ4v) is 4.04. The molecule has 0 aliphatic carbocycles. The van der Waals surface area contributed by atoms with Gasteiger partial charge in [0.05, 0.1) is 5.52 Å². The molecule has 0 spiro atoms. The standard InChI is InChI=1S/C22H22Cl2N2O3/c1-3-4-18-21(20(27)12-29-2)16-8-6-13(22(25)28)9-19(16)26(18)11-14-5-7-15(23)10-17(14)24/h5-10H,3-4,11-12H2,1-2H3,(H2,25,28). The molecule has 0 radical (unpaired) electrons. The van der Waals surface area contributed by atoms with Crippen molar-refractivity contribution < 1.29 is 14.3 Å². The summed E-state index contributed by atoms with van der Waals surface area (Å²) in [6, 6.07) is 10.5. The molecule has 3 rings (SSSR count). The number of nitrogens with zero attached hydrogens (tertiary/aromatic N) is 1. The van der Waals surface area contributed by atoms with Crippen LogP contribution in [0, 0.1) is 0 Å². The smallest absolute Gasteiger partial charge is 0.248 e. The van der Waals surface area contributed by atoms with E-state index in [0.29, 0.717) is 34.1 Å². The lowest BCUT2D eigenvalue weighted by atomic mass is 10.0. The van der Waals surface area contributed by atoms with Crippen molar-refractivity contribution in [3.63, 3.8) is 0 Å². The maximum absolute atomic E-state index is 12.9. The van der Waals surface area contributed by atoms with E-state index in [2.05, 4.69) is 6.92 Å². The van der Waals surface area contributed by atoms with Gasteiger partial charge in [0, 0.05) is 45.9 Å². The minimum absolute atomic E-state index is 0.0188. The molecule has 7 heteroatoms. The Morgan fingerprint density at radius 2 is 1.90 bits per heavy atom. The van der Waals surface area contributed by atoms with E-state index in [9.17, 15) is 9.59 Å². The van der Waals surface area contributed by atoms with Gasteiger partial charge in [-0.3, -0.25) is 9.59 Å². The molecular weight excluding hydrogens is 411 g/mol. The molecule has 2 aromatic carbocycles. The first kappa shape index (κ1) is 21.4. The summed E-state index contributed by atoms with van der Waals surface area (Å²) >= 11 is 12.4. The van der Waals surface area contributed by atoms with Crippen LogP contribution in [0.1, 0.15) is 45.3 Å². The Labute approximate surface area is 179 Å². The Hall–Kier alpha value is -2.34. The van der Waals surface area contributed by atoms with Crippen molar-refractivity contribution in [1.82, 2.24) is 4.57 Å². The van der Waals surface area contributed by atoms with Crippen molar-refractivity contribution in [3.8, 4) is 0 Å². The summed E-state index contributed by atoms with van der Waals surface area (Å²) in [4.78, 5) is 24.6. The van der Waals surface area contributed by atoms with Crippen molar-refractivity contribution in [1.29, 1.82) is 0 Å². The van der Waals surface area contributed by atoms with Gasteiger partial charge < -0.3 is 15.0 Å². The third kappa shape index (κ3) is 4.32. The zero-order valence-corrected chi connectivity index (χ0v) is 17.8. The molecule has 29 heavy (non-hydrogen) atoms. The van der Waals surface area contributed by atoms with E-state index >= 15 is 0 Å². The van der Waals surface area contributed by atoms with Crippen LogP contribution in [0.5, 0.6) is 0 Å². The van der Waals surface area contributed by atoms with Crippen LogP contribution in [0.2, 0.25) is 10.0 Å². The summed E-state index contributed by atoms with van der Waals surface area (Å²) < 4.78 is 7.12. The van der Waals surface area contributed by atoms with E-state index < -0.39 is 5.91 Å². The van der Waals surface area contributed by atoms with Gasteiger partial charge in [-0.1, -0.05) is 48.7 Å². The fraction of sp³-hybridized carbons (Fsp3) is 0.273. The Kier molecular flexibility index (Phi) is 6.63. The number of primary amides is 1. The number of Topliss-reactive ketones (excluding diaryl/α,β-unsaturated/α-hetero) is 1. The number of benzene rings is 2. The van der Waals surface area contributed by atoms with E-state index in [1.54, 1.807) is 30.3 Å². The lowest BCUT2D eigenvalue weighted by molar-refractivity contribution is 0.0848. The SMILES string of the molecule is CCCc1c(C(=O)COC)c2ccc(C(N)=O)cc2n1Cc1ccc(Cl)cc1Cl. The van der Waals surface area contributed by atoms with E-state index in [1.165, 1.54) is 7.11 Å². The number of fused-ring (bicyclic) bond motifs is 1. The zero-order chi connectivity index (χ0) is 21.1. The van der Waals surface area contributed by atoms with Crippen LogP contribution in [0.3, 0.4) is 0 Å². The highest BCUT2D eigenvalue weighted by Crippen LogP contribution is 2.31. The van der Waals surface area contributed by atoms with Gasteiger partial charge in [0.1, 0.15) is 6.61 Å². The molecule has 0 atom stereocenters. The number of nitrogens with two attached hydrogens (primary N) is 1. The van der Waals surface area contributed by atoms with Crippen LogP contribution in [-0.4, -0.2) is 30.0 Å². The first-order valence-corrected chi connectivity index (χ1v) is 10.0. The quantitative estimate of drug-likeness (QED) is 0.515. The molecule has 1 amide bonds. The lowest BCUT2D eigenvalue weighted by Crippen LogP contribution is -2.12. The van der Waals surface area contributed by atoms with Crippen LogP contribution in [0.25, 0.3) is 10.9 Å². The third-order valence-electron chi connectivity index (χ3n) is 4.84. The predicted molar refractivity (Wildman–Crippen MR) is 116 cm³/mol. The number of carbonyl (C=O) groups is 2. The highest BCUT2D eigenvalue weighted by Gasteiger charge is 2.23. The zero-order valence-electron chi connectivity index (χ0n) is 16.3. The van der Waals surface area contributed by atoms with Crippen LogP contribution >= 0.6 is 23.2 Å². The van der Waals surface area contributed by atoms with E-state index in [4.69, 9.17) is 33.7 Å². The third-order valence-corrected chi connectivity index (χ3v) is 5.43. The number of amides is 1. The van der Waals surface area contributed by atoms with Crippen LogP contribution in [-0.2, 0) is 17.7 Å². The maximum atomic E-state index is 12.9. The van der Waals surface area contributed by atoms with Crippen molar-refractivity contribution in [2.75, 3.05) is 13.7 Å². The minimum atomic E-state index is -0.522. The molecule has 0 aliphatic rings. The normalized spacial score (nSPS) is 11.2. The van der Waals surface area contributed by atoms with Gasteiger partial charge in [-0.25, -0.2) is 0 Å². The number of halogens is 2. The Bertz CT molecular complexity index is 1090. The summed E-state index contributed by atoms with van der Waals surface area (Å²) in [5.74, 6) is -0.625. The number of carbonyl (C=O) groups excluding carboxylic acids is 2. The van der Waals surface area contributed by atoms with Gasteiger partial charge in [0.2, 0.25) is 5.91 Å². The second kappa shape index (κ2) is 8.99. The second-order valence-electron chi connectivity index (χ2n) is 6.85. The number of methoxy groups -OCH3 is 1. The molecular formula is C22H22Cl2N2O3. The lowest BCUT2D eigenvalue weighted by Gasteiger charge is -2.13. The average Bonchev–Trinajstić information content (AvgIpc) is 2.97. The Morgan fingerprint density at radius 3 is 2.52 bits per heavy atom. The Balaban J connectivity index is 2.28. The van der Waals surface area contributed by atoms with Crippen molar-refractivity contribution in [3.05, 3.63) is 68.8 Å². The highest BCUT2D eigenvalue weighted by molar-refractivity contribution is 6.35. The topological polar surface area (TPSA) is 74.3 Å². The highest BCUT2D eigenvalue weighted by atomic mass is 35.5. The number of rotatable bonds is 8. The van der Waals surface area contributed by atoms with E-state index in [1.807, 2.05) is 10.6 Å². The number of ketones is 1. The van der Waals surface area contributed by atoms with Crippen molar-refractivity contribution in [2.24, 2.45) is 5.73 Å². The number of hydrogen-bond acceptors (Lipinski definition) is 3. The van der Waals surface area contributed by atoms with Crippen molar-refractivity contribution in [2.45, 2.75) is 26.3 Å². The molecule has 0 saturated carbocycles. The van der Waals surface area contributed by atoms with Gasteiger partial charge in [-0.15, -0.1) is 0 Å².